The van der Waals surface area contributed by atoms with Gasteiger partial charge in [0.25, 0.3) is 0 Å². The van der Waals surface area contributed by atoms with E-state index in [0.29, 0.717) is 18.9 Å². The Kier molecular flexibility index (Phi) is 6.26. The van der Waals surface area contributed by atoms with Crippen molar-refractivity contribution >= 4 is 22.4 Å². The van der Waals surface area contributed by atoms with Crippen molar-refractivity contribution in [2.75, 3.05) is 6.54 Å². The lowest BCUT2D eigenvalue weighted by molar-refractivity contribution is 0.226. The van der Waals surface area contributed by atoms with Crippen LogP contribution in [0.15, 0.2) is 17.0 Å². The van der Waals surface area contributed by atoms with E-state index in [4.69, 9.17) is 5.73 Å². The van der Waals surface area contributed by atoms with Crippen LogP contribution in [0.5, 0.6) is 0 Å². The zero-order valence-corrected chi connectivity index (χ0v) is 13.6. The van der Waals surface area contributed by atoms with Crippen molar-refractivity contribution in [2.45, 2.75) is 43.2 Å². The predicted octanol–water partition coefficient (Wildman–Crippen LogP) is 2.42. The zero-order chi connectivity index (χ0) is 15.8. The number of halogens is 4. The molecule has 2 unspecified atom stereocenters. The maximum absolute atomic E-state index is 13.8. The maximum atomic E-state index is 13.8. The van der Waals surface area contributed by atoms with Crippen LogP contribution >= 0.6 is 12.4 Å². The minimum absolute atomic E-state index is 0. The summed E-state index contributed by atoms with van der Waals surface area (Å²) < 4.78 is 66.1. The summed E-state index contributed by atoms with van der Waals surface area (Å²) >= 11 is 0. The predicted molar refractivity (Wildman–Crippen MR) is 78.7 cm³/mol. The Morgan fingerprint density at radius 2 is 1.77 bits per heavy atom. The van der Waals surface area contributed by atoms with Crippen LogP contribution in [-0.4, -0.2) is 31.4 Å². The Labute approximate surface area is 133 Å². The molecule has 0 aliphatic carbocycles. The van der Waals surface area contributed by atoms with Gasteiger partial charge in [-0.3, -0.25) is 0 Å². The van der Waals surface area contributed by atoms with Gasteiger partial charge in [-0.2, -0.15) is 4.31 Å². The molecule has 0 aromatic heterocycles. The number of nitrogens with zero attached hydrogens (tertiary/aromatic N) is 1. The molecule has 0 spiro atoms. The summed E-state index contributed by atoms with van der Waals surface area (Å²) in [6.07, 6.45) is 1.99. The third-order valence-corrected chi connectivity index (χ3v) is 5.61. The number of piperidine rings is 1. The van der Waals surface area contributed by atoms with Crippen molar-refractivity contribution in [1.82, 2.24) is 4.31 Å². The zero-order valence-electron chi connectivity index (χ0n) is 11.9. The summed E-state index contributed by atoms with van der Waals surface area (Å²) in [5.74, 6) is -4.12. The van der Waals surface area contributed by atoms with Crippen molar-refractivity contribution in [1.29, 1.82) is 0 Å². The Hall–Kier alpha value is -0.830. The van der Waals surface area contributed by atoms with Gasteiger partial charge in [-0.25, -0.2) is 21.6 Å². The third kappa shape index (κ3) is 3.56. The summed E-state index contributed by atoms with van der Waals surface area (Å²) in [5, 5.41) is 0. The number of hydrogen-bond acceptors (Lipinski definition) is 3. The molecule has 9 heteroatoms. The highest BCUT2D eigenvalue weighted by Crippen LogP contribution is 2.29. The SMILES string of the molecule is CC(N)C1CCCCN1S(=O)(=O)c1cc(F)c(F)cc1F.Cl. The lowest BCUT2D eigenvalue weighted by atomic mass is 10.00. The highest BCUT2D eigenvalue weighted by molar-refractivity contribution is 7.89. The van der Waals surface area contributed by atoms with Gasteiger partial charge in [0, 0.05) is 24.7 Å². The smallest absolute Gasteiger partial charge is 0.246 e. The van der Waals surface area contributed by atoms with Crippen LogP contribution in [0.3, 0.4) is 0 Å². The second kappa shape index (κ2) is 7.16. The first-order valence-electron chi connectivity index (χ1n) is 6.67. The Bertz CT molecular complexity index is 640. The molecule has 1 aromatic carbocycles. The average Bonchev–Trinajstić information content (AvgIpc) is 2.42. The average molecular weight is 359 g/mol. The van der Waals surface area contributed by atoms with E-state index in [1.807, 2.05) is 0 Å². The maximum Gasteiger partial charge on any atom is 0.246 e. The molecule has 1 aliphatic heterocycles. The number of rotatable bonds is 3. The summed E-state index contributed by atoms with van der Waals surface area (Å²) in [6, 6.07) is -0.287. The van der Waals surface area contributed by atoms with E-state index >= 15 is 0 Å². The van der Waals surface area contributed by atoms with Gasteiger partial charge in [-0.15, -0.1) is 12.4 Å². The molecule has 22 heavy (non-hydrogen) atoms. The van der Waals surface area contributed by atoms with Crippen molar-refractivity contribution < 1.29 is 21.6 Å². The number of sulfonamides is 1. The molecule has 2 atom stereocenters. The first kappa shape index (κ1) is 19.2. The summed E-state index contributed by atoms with van der Waals surface area (Å²) in [6.45, 7) is 1.85. The van der Waals surface area contributed by atoms with E-state index in [-0.39, 0.29) is 25.0 Å². The second-order valence-corrected chi connectivity index (χ2v) is 7.09. The van der Waals surface area contributed by atoms with Gasteiger partial charge in [0.05, 0.1) is 0 Å². The highest BCUT2D eigenvalue weighted by atomic mass is 35.5. The molecule has 1 fully saturated rings. The van der Waals surface area contributed by atoms with Gasteiger partial charge in [-0.05, 0) is 25.8 Å². The molecule has 2 rings (SSSR count). The lowest BCUT2D eigenvalue weighted by Crippen LogP contribution is -2.51. The molecule has 1 aromatic rings. The number of hydrogen-bond donors (Lipinski definition) is 1. The normalized spacial score (nSPS) is 21.2. The van der Waals surface area contributed by atoms with E-state index in [0.717, 1.165) is 10.7 Å². The van der Waals surface area contributed by atoms with Crippen molar-refractivity contribution in [3.05, 3.63) is 29.6 Å². The Morgan fingerprint density at radius 1 is 1.18 bits per heavy atom. The van der Waals surface area contributed by atoms with Gasteiger partial charge in [-0.1, -0.05) is 6.42 Å². The fourth-order valence-electron chi connectivity index (χ4n) is 2.58. The molecule has 1 aliphatic rings. The monoisotopic (exact) mass is 358 g/mol. The number of benzene rings is 1. The van der Waals surface area contributed by atoms with Gasteiger partial charge in [0.15, 0.2) is 11.6 Å². The van der Waals surface area contributed by atoms with Crippen LogP contribution < -0.4 is 5.73 Å². The van der Waals surface area contributed by atoms with Crippen LogP contribution in [0.1, 0.15) is 26.2 Å². The van der Waals surface area contributed by atoms with E-state index in [1.54, 1.807) is 6.92 Å². The summed E-state index contributed by atoms with van der Waals surface area (Å²) in [5.41, 5.74) is 5.79. The first-order chi connectivity index (χ1) is 9.75. The van der Waals surface area contributed by atoms with Gasteiger partial charge in [0.2, 0.25) is 10.0 Å². The van der Waals surface area contributed by atoms with Gasteiger partial charge in [0.1, 0.15) is 10.7 Å². The van der Waals surface area contributed by atoms with Crippen molar-refractivity contribution in [3.63, 3.8) is 0 Å². The fourth-order valence-corrected chi connectivity index (χ4v) is 4.42. The molecule has 0 bridgehead atoms. The van der Waals surface area contributed by atoms with Crippen LogP contribution in [-0.2, 0) is 10.0 Å². The van der Waals surface area contributed by atoms with E-state index in [2.05, 4.69) is 0 Å². The van der Waals surface area contributed by atoms with E-state index in [9.17, 15) is 21.6 Å². The standard InChI is InChI=1S/C13H17F3N2O2S.ClH/c1-8(17)12-4-2-3-5-18(12)21(19,20)13-7-10(15)9(14)6-11(13)16;/h6-8,12H,2-5,17H2,1H3;1H. The topological polar surface area (TPSA) is 63.4 Å². The summed E-state index contributed by atoms with van der Waals surface area (Å²) in [4.78, 5) is -0.853. The van der Waals surface area contributed by atoms with Crippen LogP contribution in [0.4, 0.5) is 13.2 Å². The van der Waals surface area contributed by atoms with Crippen LogP contribution in [0.25, 0.3) is 0 Å². The second-order valence-electron chi connectivity index (χ2n) is 5.23. The largest absolute Gasteiger partial charge is 0.326 e. The van der Waals surface area contributed by atoms with Crippen LogP contribution in [0.2, 0.25) is 0 Å². The van der Waals surface area contributed by atoms with E-state index in [1.165, 1.54) is 0 Å². The van der Waals surface area contributed by atoms with Crippen molar-refractivity contribution in [2.24, 2.45) is 5.73 Å². The molecule has 0 amide bonds. The Balaban J connectivity index is 0.00000242. The Morgan fingerprint density at radius 3 is 2.36 bits per heavy atom. The number of nitrogens with two attached hydrogens (primary N) is 1. The molecule has 0 saturated carbocycles. The quantitative estimate of drug-likeness (QED) is 0.844. The minimum atomic E-state index is -4.25. The lowest BCUT2D eigenvalue weighted by Gasteiger charge is -2.36. The minimum Gasteiger partial charge on any atom is -0.326 e. The van der Waals surface area contributed by atoms with Gasteiger partial charge >= 0.3 is 0 Å². The van der Waals surface area contributed by atoms with E-state index < -0.39 is 44.5 Å². The molecule has 1 heterocycles. The molecule has 126 valence electrons. The molecule has 4 nitrogen and oxygen atoms in total. The molecule has 0 radical (unpaired) electrons. The molecule has 2 N–H and O–H groups in total. The van der Waals surface area contributed by atoms with Crippen LogP contribution in [0, 0.1) is 17.5 Å². The first-order valence-corrected chi connectivity index (χ1v) is 8.11. The fraction of sp³-hybridized carbons (Fsp3) is 0.538. The third-order valence-electron chi connectivity index (χ3n) is 3.67. The highest BCUT2D eigenvalue weighted by Gasteiger charge is 2.37. The van der Waals surface area contributed by atoms with Crippen molar-refractivity contribution in [3.8, 4) is 0 Å². The molecule has 1 saturated heterocycles. The van der Waals surface area contributed by atoms with Gasteiger partial charge < -0.3 is 5.73 Å². The molecular weight excluding hydrogens is 341 g/mol. The molecular formula is C13H18ClF3N2O2S. The summed E-state index contributed by atoms with van der Waals surface area (Å²) in [7, 11) is -4.25.